The van der Waals surface area contributed by atoms with Crippen molar-refractivity contribution in [1.82, 2.24) is 15.3 Å². The van der Waals surface area contributed by atoms with Crippen molar-refractivity contribution >= 4 is 10.8 Å². The molecule has 0 aliphatic heterocycles. The Labute approximate surface area is 117 Å². The summed E-state index contributed by atoms with van der Waals surface area (Å²) in [5, 5.41) is 5.31. The van der Waals surface area contributed by atoms with Crippen LogP contribution >= 0.6 is 0 Å². The molecular weight excluding hydrogens is 250 g/mol. The molecule has 2 heterocycles. The molecule has 4 heteroatoms. The summed E-state index contributed by atoms with van der Waals surface area (Å²) in [7, 11) is 1.93. The van der Waals surface area contributed by atoms with E-state index in [1.807, 2.05) is 43.6 Å². The normalized spacial score (nSPS) is 10.7. The fourth-order valence-electron chi connectivity index (χ4n) is 2.16. The third-order valence-electron chi connectivity index (χ3n) is 3.06. The molecule has 0 bridgehead atoms. The third kappa shape index (κ3) is 2.46. The van der Waals surface area contributed by atoms with E-state index >= 15 is 0 Å². The van der Waals surface area contributed by atoms with Gasteiger partial charge in [-0.05, 0) is 36.2 Å². The highest BCUT2D eigenvalue weighted by atomic mass is 16.5. The van der Waals surface area contributed by atoms with E-state index in [4.69, 9.17) is 4.74 Å². The quantitative estimate of drug-likeness (QED) is 0.787. The largest absolute Gasteiger partial charge is 0.437 e. The van der Waals surface area contributed by atoms with Gasteiger partial charge in [-0.2, -0.15) is 0 Å². The zero-order chi connectivity index (χ0) is 13.8. The summed E-state index contributed by atoms with van der Waals surface area (Å²) in [5.74, 6) is 1.29. The van der Waals surface area contributed by atoms with Crippen molar-refractivity contribution in [3.8, 4) is 11.6 Å². The summed E-state index contributed by atoms with van der Waals surface area (Å²) >= 11 is 0. The fraction of sp³-hybridized carbons (Fsp3) is 0.125. The zero-order valence-electron chi connectivity index (χ0n) is 11.2. The van der Waals surface area contributed by atoms with Gasteiger partial charge in [0.2, 0.25) is 5.88 Å². The van der Waals surface area contributed by atoms with Crippen LogP contribution in [0.3, 0.4) is 0 Å². The van der Waals surface area contributed by atoms with Crippen molar-refractivity contribution in [1.29, 1.82) is 0 Å². The topological polar surface area (TPSA) is 47.0 Å². The minimum Gasteiger partial charge on any atom is -0.437 e. The summed E-state index contributed by atoms with van der Waals surface area (Å²) in [5.41, 5.74) is 1.15. The highest BCUT2D eigenvalue weighted by Gasteiger charge is 2.08. The van der Waals surface area contributed by atoms with E-state index in [1.54, 1.807) is 12.4 Å². The van der Waals surface area contributed by atoms with Crippen molar-refractivity contribution in [3.05, 3.63) is 60.6 Å². The number of hydrogen-bond acceptors (Lipinski definition) is 4. The second-order valence-corrected chi connectivity index (χ2v) is 4.46. The van der Waals surface area contributed by atoms with E-state index in [2.05, 4.69) is 21.4 Å². The van der Waals surface area contributed by atoms with Crippen LogP contribution in [0, 0.1) is 0 Å². The van der Waals surface area contributed by atoms with Crippen molar-refractivity contribution < 1.29 is 4.74 Å². The molecule has 0 amide bonds. The highest BCUT2D eigenvalue weighted by molar-refractivity contribution is 5.89. The van der Waals surface area contributed by atoms with Crippen LogP contribution in [0.15, 0.2) is 55.0 Å². The first-order valence-electron chi connectivity index (χ1n) is 6.47. The number of pyridine rings is 2. The summed E-state index contributed by atoms with van der Waals surface area (Å²) in [4.78, 5) is 8.48. The number of hydrogen-bond donors (Lipinski definition) is 1. The molecule has 0 unspecified atom stereocenters. The van der Waals surface area contributed by atoms with E-state index in [-0.39, 0.29) is 0 Å². The molecule has 0 atom stereocenters. The van der Waals surface area contributed by atoms with Gasteiger partial charge in [-0.3, -0.25) is 4.98 Å². The molecule has 1 N–H and O–H groups in total. The van der Waals surface area contributed by atoms with Gasteiger partial charge in [-0.1, -0.05) is 18.2 Å². The molecule has 2 aromatic heterocycles. The predicted molar refractivity (Wildman–Crippen MR) is 78.8 cm³/mol. The van der Waals surface area contributed by atoms with E-state index in [1.165, 1.54) is 0 Å². The summed E-state index contributed by atoms with van der Waals surface area (Å²) in [6.07, 6.45) is 5.25. The molecule has 0 spiro atoms. The number of rotatable bonds is 4. The highest BCUT2D eigenvalue weighted by Crippen LogP contribution is 2.29. The Balaban J connectivity index is 2.06. The van der Waals surface area contributed by atoms with Gasteiger partial charge in [0, 0.05) is 24.3 Å². The molecule has 0 radical (unpaired) electrons. The average Bonchev–Trinajstić information content (AvgIpc) is 2.51. The summed E-state index contributed by atoms with van der Waals surface area (Å²) in [6, 6.07) is 11.8. The van der Waals surface area contributed by atoms with E-state index in [0.29, 0.717) is 11.6 Å². The Morgan fingerprint density at radius 2 is 1.90 bits per heavy atom. The lowest BCUT2D eigenvalue weighted by Gasteiger charge is -2.10. The number of aromatic nitrogens is 2. The van der Waals surface area contributed by atoms with Gasteiger partial charge in [0.15, 0.2) is 0 Å². The first-order chi connectivity index (χ1) is 9.88. The molecule has 3 aromatic rings. The first-order valence-corrected chi connectivity index (χ1v) is 6.47. The Morgan fingerprint density at radius 1 is 1.05 bits per heavy atom. The number of benzene rings is 1. The molecule has 0 saturated carbocycles. The lowest BCUT2D eigenvalue weighted by molar-refractivity contribution is 0.466. The Morgan fingerprint density at radius 3 is 2.65 bits per heavy atom. The third-order valence-corrected chi connectivity index (χ3v) is 3.06. The molecule has 0 aliphatic rings. The first kappa shape index (κ1) is 12.6. The summed E-state index contributed by atoms with van der Waals surface area (Å²) in [6.45, 7) is 0.778. The van der Waals surface area contributed by atoms with Crippen LogP contribution in [-0.2, 0) is 6.54 Å². The van der Waals surface area contributed by atoms with Crippen molar-refractivity contribution in [2.75, 3.05) is 7.05 Å². The van der Waals surface area contributed by atoms with Crippen molar-refractivity contribution in [3.63, 3.8) is 0 Å². The Bertz CT molecular complexity index is 713. The molecule has 1 aromatic carbocycles. The van der Waals surface area contributed by atoms with Crippen LogP contribution in [-0.4, -0.2) is 17.0 Å². The van der Waals surface area contributed by atoms with Crippen LogP contribution in [0.1, 0.15) is 5.56 Å². The van der Waals surface area contributed by atoms with Gasteiger partial charge in [-0.25, -0.2) is 4.98 Å². The minimum absolute atomic E-state index is 0.605. The Hall–Kier alpha value is -2.46. The molecule has 4 nitrogen and oxygen atoms in total. The minimum atomic E-state index is 0.605. The second-order valence-electron chi connectivity index (χ2n) is 4.46. The van der Waals surface area contributed by atoms with Gasteiger partial charge < -0.3 is 10.1 Å². The SMILES string of the molecule is CNCc1cnc(Oc2cccnc2)c2ccccc12. The van der Waals surface area contributed by atoms with Gasteiger partial charge in [0.05, 0.1) is 6.20 Å². The average molecular weight is 265 g/mol. The fourth-order valence-corrected chi connectivity index (χ4v) is 2.16. The van der Waals surface area contributed by atoms with Crippen molar-refractivity contribution in [2.24, 2.45) is 0 Å². The van der Waals surface area contributed by atoms with Gasteiger partial charge in [0.25, 0.3) is 0 Å². The second kappa shape index (κ2) is 5.67. The van der Waals surface area contributed by atoms with E-state index < -0.39 is 0 Å². The zero-order valence-corrected chi connectivity index (χ0v) is 11.2. The number of ether oxygens (including phenoxy) is 1. The van der Waals surface area contributed by atoms with Crippen LogP contribution in [0.25, 0.3) is 10.8 Å². The number of fused-ring (bicyclic) bond motifs is 1. The van der Waals surface area contributed by atoms with Crippen LogP contribution < -0.4 is 10.1 Å². The summed E-state index contributed by atoms with van der Waals surface area (Å²) < 4.78 is 5.83. The maximum atomic E-state index is 5.83. The molecular formula is C16H15N3O. The van der Waals surface area contributed by atoms with Crippen LogP contribution in [0.4, 0.5) is 0 Å². The molecule has 0 fully saturated rings. The van der Waals surface area contributed by atoms with Crippen LogP contribution in [0.5, 0.6) is 11.6 Å². The van der Waals surface area contributed by atoms with Crippen LogP contribution in [0.2, 0.25) is 0 Å². The maximum absolute atomic E-state index is 5.83. The standard InChI is InChI=1S/C16H15N3O/c1-17-9-12-10-19-16(15-7-3-2-6-14(12)15)20-13-5-4-8-18-11-13/h2-8,10-11,17H,9H2,1H3. The lowest BCUT2D eigenvalue weighted by Crippen LogP contribution is -2.06. The van der Waals surface area contributed by atoms with Crippen molar-refractivity contribution in [2.45, 2.75) is 6.54 Å². The molecule has 0 saturated heterocycles. The van der Waals surface area contributed by atoms with Gasteiger partial charge in [0.1, 0.15) is 5.75 Å². The molecule has 20 heavy (non-hydrogen) atoms. The monoisotopic (exact) mass is 265 g/mol. The number of nitrogens with one attached hydrogen (secondary N) is 1. The molecule has 3 rings (SSSR count). The van der Waals surface area contributed by atoms with Gasteiger partial charge in [-0.15, -0.1) is 0 Å². The number of nitrogens with zero attached hydrogens (tertiary/aromatic N) is 2. The van der Waals surface area contributed by atoms with E-state index in [9.17, 15) is 0 Å². The Kier molecular flexibility index (Phi) is 3.56. The molecule has 0 aliphatic carbocycles. The lowest BCUT2D eigenvalue weighted by atomic mass is 10.1. The molecule has 100 valence electrons. The smallest absolute Gasteiger partial charge is 0.227 e. The predicted octanol–water partition coefficient (Wildman–Crippen LogP) is 3.14. The van der Waals surface area contributed by atoms with E-state index in [0.717, 1.165) is 22.9 Å². The maximum Gasteiger partial charge on any atom is 0.227 e. The van der Waals surface area contributed by atoms with Gasteiger partial charge >= 0.3 is 0 Å².